The predicted molar refractivity (Wildman–Crippen MR) is 72.7 cm³/mol. The minimum absolute atomic E-state index is 0.00405. The van der Waals surface area contributed by atoms with Crippen molar-refractivity contribution in [2.75, 3.05) is 20.2 Å². The Morgan fingerprint density at radius 2 is 2.20 bits per heavy atom. The summed E-state index contributed by atoms with van der Waals surface area (Å²) in [6, 6.07) is 4.26. The van der Waals surface area contributed by atoms with E-state index in [1.54, 1.807) is 4.90 Å². The fraction of sp³-hybridized carbons (Fsp3) is 0.462. The summed E-state index contributed by atoms with van der Waals surface area (Å²) in [7, 11) is 1.32. The number of nitro benzene ring substituents is 1. The largest absolute Gasteiger partial charge is 0.490 e. The fourth-order valence-electron chi connectivity index (χ4n) is 2.38. The van der Waals surface area contributed by atoms with E-state index in [0.29, 0.717) is 13.1 Å². The van der Waals surface area contributed by atoms with Gasteiger partial charge in [-0.2, -0.15) is 0 Å². The first-order valence-corrected chi connectivity index (χ1v) is 6.32. The molecule has 1 aromatic rings. The first kappa shape index (κ1) is 14.3. The number of benzene rings is 1. The van der Waals surface area contributed by atoms with Gasteiger partial charge in [0.2, 0.25) is 5.75 Å². The summed E-state index contributed by atoms with van der Waals surface area (Å²) >= 11 is 0. The fourth-order valence-corrected chi connectivity index (χ4v) is 2.38. The van der Waals surface area contributed by atoms with Crippen molar-refractivity contribution < 1.29 is 14.5 Å². The molecule has 0 spiro atoms. The molecule has 2 rings (SSSR count). The smallest absolute Gasteiger partial charge is 0.311 e. The minimum Gasteiger partial charge on any atom is -0.490 e. The third kappa shape index (κ3) is 2.44. The summed E-state index contributed by atoms with van der Waals surface area (Å²) in [5.41, 5.74) is 5.88. The van der Waals surface area contributed by atoms with Crippen molar-refractivity contribution in [2.24, 2.45) is 11.7 Å². The Kier molecular flexibility index (Phi) is 3.89. The first-order chi connectivity index (χ1) is 9.45. The van der Waals surface area contributed by atoms with Crippen LogP contribution in [0.1, 0.15) is 17.3 Å². The zero-order chi connectivity index (χ0) is 14.9. The summed E-state index contributed by atoms with van der Waals surface area (Å²) in [5, 5.41) is 11.0. The molecule has 2 unspecified atom stereocenters. The number of nitrogens with zero attached hydrogens (tertiary/aromatic N) is 2. The monoisotopic (exact) mass is 279 g/mol. The Labute approximate surface area is 116 Å². The second kappa shape index (κ2) is 5.46. The summed E-state index contributed by atoms with van der Waals surface area (Å²) in [6.45, 7) is 2.97. The molecule has 0 aromatic heterocycles. The normalized spacial score (nSPS) is 21.9. The number of nitro groups is 1. The van der Waals surface area contributed by atoms with Crippen molar-refractivity contribution >= 4 is 11.6 Å². The lowest BCUT2D eigenvalue weighted by Crippen LogP contribution is -2.32. The van der Waals surface area contributed by atoms with Crippen LogP contribution in [0.15, 0.2) is 18.2 Å². The van der Waals surface area contributed by atoms with Gasteiger partial charge in [0.1, 0.15) is 0 Å². The maximum Gasteiger partial charge on any atom is 0.311 e. The Morgan fingerprint density at radius 1 is 1.50 bits per heavy atom. The standard InChI is InChI=1S/C13H17N3O4/c1-8-6-15(7-10(8)14)13(17)9-4-3-5-11(16(18)19)12(9)20-2/h3-5,8,10H,6-7,14H2,1-2H3. The molecule has 0 aliphatic carbocycles. The van der Waals surface area contributed by atoms with E-state index in [9.17, 15) is 14.9 Å². The zero-order valence-corrected chi connectivity index (χ0v) is 11.4. The van der Waals surface area contributed by atoms with Crippen LogP contribution in [-0.2, 0) is 0 Å². The molecule has 1 aliphatic rings. The van der Waals surface area contributed by atoms with Gasteiger partial charge in [-0.05, 0) is 12.0 Å². The van der Waals surface area contributed by atoms with E-state index in [4.69, 9.17) is 10.5 Å². The van der Waals surface area contributed by atoms with Crippen LogP contribution in [0.2, 0.25) is 0 Å². The molecule has 1 aromatic carbocycles. The van der Waals surface area contributed by atoms with E-state index >= 15 is 0 Å². The Morgan fingerprint density at radius 3 is 2.70 bits per heavy atom. The Hall–Kier alpha value is -2.15. The maximum absolute atomic E-state index is 12.5. The van der Waals surface area contributed by atoms with Gasteiger partial charge in [0.25, 0.3) is 5.91 Å². The van der Waals surface area contributed by atoms with Gasteiger partial charge in [0, 0.05) is 25.2 Å². The van der Waals surface area contributed by atoms with Gasteiger partial charge in [-0.3, -0.25) is 14.9 Å². The van der Waals surface area contributed by atoms with Crippen molar-refractivity contribution in [2.45, 2.75) is 13.0 Å². The number of carbonyl (C=O) groups is 1. The second-order valence-corrected chi connectivity index (χ2v) is 4.97. The number of nitrogens with two attached hydrogens (primary N) is 1. The van der Waals surface area contributed by atoms with Crippen molar-refractivity contribution in [1.82, 2.24) is 4.90 Å². The van der Waals surface area contributed by atoms with Crippen LogP contribution in [0.3, 0.4) is 0 Å². The van der Waals surface area contributed by atoms with Crippen LogP contribution in [0.4, 0.5) is 5.69 Å². The van der Waals surface area contributed by atoms with Crippen molar-refractivity contribution in [3.05, 3.63) is 33.9 Å². The highest BCUT2D eigenvalue weighted by Crippen LogP contribution is 2.32. The molecule has 108 valence electrons. The lowest BCUT2D eigenvalue weighted by molar-refractivity contribution is -0.385. The van der Waals surface area contributed by atoms with Gasteiger partial charge in [-0.1, -0.05) is 13.0 Å². The van der Waals surface area contributed by atoms with Crippen LogP contribution in [0.25, 0.3) is 0 Å². The molecule has 2 atom stereocenters. The summed E-state index contributed by atoms with van der Waals surface area (Å²) in [4.78, 5) is 24.5. The average Bonchev–Trinajstić information content (AvgIpc) is 2.76. The second-order valence-electron chi connectivity index (χ2n) is 4.97. The molecule has 1 aliphatic heterocycles. The SMILES string of the molecule is COc1c(C(=O)N2CC(C)C(N)C2)cccc1[N+](=O)[O-]. The van der Waals surface area contributed by atoms with E-state index in [1.807, 2.05) is 6.92 Å². The summed E-state index contributed by atoms with van der Waals surface area (Å²) < 4.78 is 5.05. The van der Waals surface area contributed by atoms with Gasteiger partial charge in [-0.25, -0.2) is 0 Å². The average molecular weight is 279 g/mol. The molecule has 1 saturated heterocycles. The number of carbonyl (C=O) groups excluding carboxylic acids is 1. The predicted octanol–water partition coefficient (Wildman–Crippen LogP) is 1.02. The van der Waals surface area contributed by atoms with Crippen molar-refractivity contribution in [3.8, 4) is 5.75 Å². The van der Waals surface area contributed by atoms with Gasteiger partial charge in [-0.15, -0.1) is 0 Å². The molecule has 1 heterocycles. The van der Waals surface area contributed by atoms with Gasteiger partial charge >= 0.3 is 5.69 Å². The number of hydrogen-bond acceptors (Lipinski definition) is 5. The van der Waals surface area contributed by atoms with E-state index in [2.05, 4.69) is 0 Å². The Bertz CT molecular complexity index is 536. The molecule has 1 fully saturated rings. The molecule has 2 N–H and O–H groups in total. The number of para-hydroxylation sites is 1. The minimum atomic E-state index is -0.562. The zero-order valence-electron chi connectivity index (χ0n) is 11.4. The highest BCUT2D eigenvalue weighted by molar-refractivity contribution is 5.98. The molecule has 20 heavy (non-hydrogen) atoms. The molecule has 1 amide bonds. The number of rotatable bonds is 3. The van der Waals surface area contributed by atoms with Crippen molar-refractivity contribution in [3.63, 3.8) is 0 Å². The third-order valence-electron chi connectivity index (χ3n) is 3.58. The summed E-state index contributed by atoms with van der Waals surface area (Å²) in [5.74, 6) is -0.0791. The molecular formula is C13H17N3O4. The quantitative estimate of drug-likeness (QED) is 0.658. The van der Waals surface area contributed by atoms with Crippen LogP contribution >= 0.6 is 0 Å². The molecule has 0 bridgehead atoms. The third-order valence-corrected chi connectivity index (χ3v) is 3.58. The number of ether oxygens (including phenoxy) is 1. The molecule has 7 heteroatoms. The van der Waals surface area contributed by atoms with Crippen LogP contribution in [0, 0.1) is 16.0 Å². The van der Waals surface area contributed by atoms with E-state index in [1.165, 1.54) is 25.3 Å². The maximum atomic E-state index is 12.5. The van der Waals surface area contributed by atoms with Gasteiger partial charge < -0.3 is 15.4 Å². The molecule has 7 nitrogen and oxygen atoms in total. The number of hydrogen-bond donors (Lipinski definition) is 1. The van der Waals surface area contributed by atoms with E-state index in [-0.39, 0.29) is 34.9 Å². The van der Waals surface area contributed by atoms with Crippen molar-refractivity contribution in [1.29, 1.82) is 0 Å². The first-order valence-electron chi connectivity index (χ1n) is 6.32. The molecule has 0 radical (unpaired) electrons. The van der Waals surface area contributed by atoms with Gasteiger partial charge in [0.15, 0.2) is 0 Å². The van der Waals surface area contributed by atoms with E-state index < -0.39 is 4.92 Å². The number of methoxy groups -OCH3 is 1. The highest BCUT2D eigenvalue weighted by Gasteiger charge is 2.33. The topological polar surface area (TPSA) is 98.7 Å². The lowest BCUT2D eigenvalue weighted by Gasteiger charge is -2.17. The lowest BCUT2D eigenvalue weighted by atomic mass is 10.1. The Balaban J connectivity index is 2.35. The van der Waals surface area contributed by atoms with E-state index in [0.717, 1.165) is 0 Å². The number of amides is 1. The van der Waals surface area contributed by atoms with Gasteiger partial charge in [0.05, 0.1) is 17.6 Å². The highest BCUT2D eigenvalue weighted by atomic mass is 16.6. The molecular weight excluding hydrogens is 262 g/mol. The van der Waals surface area contributed by atoms with Crippen LogP contribution < -0.4 is 10.5 Å². The molecule has 0 saturated carbocycles. The van der Waals surface area contributed by atoms with Crippen LogP contribution in [-0.4, -0.2) is 42.0 Å². The number of likely N-dealkylation sites (tertiary alicyclic amines) is 1. The summed E-state index contributed by atoms with van der Waals surface area (Å²) in [6.07, 6.45) is 0. The van der Waals surface area contributed by atoms with Crippen LogP contribution in [0.5, 0.6) is 5.75 Å².